The molecule has 5 heteroatoms. The average Bonchev–Trinajstić information content (AvgIpc) is 2.01. The predicted molar refractivity (Wildman–Crippen MR) is 52.0 cm³/mol. The molecule has 88 valence electrons. The normalized spacial score (nSPS) is 11.7. The van der Waals surface area contributed by atoms with E-state index in [1.54, 1.807) is 27.7 Å². The number of esters is 2. The molecule has 0 N–H and O–H groups in total. The Kier molecular flexibility index (Phi) is 4.71. The van der Waals surface area contributed by atoms with Crippen molar-refractivity contribution in [2.45, 2.75) is 52.5 Å². The lowest BCUT2D eigenvalue weighted by Gasteiger charge is -2.20. The maximum absolute atomic E-state index is 13.6. The average molecular weight is 220 g/mol. The summed E-state index contributed by atoms with van der Waals surface area (Å²) in [5.41, 5.74) is -2.74. The summed E-state index contributed by atoms with van der Waals surface area (Å²) in [6.45, 7) is 7.12. The summed E-state index contributed by atoms with van der Waals surface area (Å²) < 4.78 is 22.9. The lowest BCUT2D eigenvalue weighted by atomic mass is 10.1. The number of alkyl halides is 1. The van der Waals surface area contributed by atoms with E-state index >= 15 is 0 Å². The molecule has 0 aliphatic carbocycles. The summed E-state index contributed by atoms with van der Waals surface area (Å²) in [6, 6.07) is 0. The summed E-state index contributed by atoms with van der Waals surface area (Å²) in [7, 11) is 0. The molecule has 0 rings (SSSR count). The maximum atomic E-state index is 13.6. The first-order valence-corrected chi connectivity index (χ1v) is 4.79. The highest BCUT2D eigenvalue weighted by atomic mass is 19.1. The molecule has 0 heterocycles. The third-order valence-electron chi connectivity index (χ3n) is 1.45. The van der Waals surface area contributed by atoms with Crippen LogP contribution in [0.2, 0.25) is 0 Å². The molecule has 0 aromatic carbocycles. The van der Waals surface area contributed by atoms with Gasteiger partial charge in [0.15, 0.2) is 0 Å². The van der Waals surface area contributed by atoms with Gasteiger partial charge in [0.2, 0.25) is 0 Å². The Morgan fingerprint density at radius 2 is 1.27 bits per heavy atom. The molecule has 0 atom stereocenters. The van der Waals surface area contributed by atoms with Crippen LogP contribution in [0.25, 0.3) is 0 Å². The molecule has 0 saturated heterocycles. The number of hydrogen-bond acceptors (Lipinski definition) is 4. The maximum Gasteiger partial charge on any atom is 0.355 e. The smallest absolute Gasteiger partial charge is 0.355 e. The topological polar surface area (TPSA) is 52.6 Å². The number of carbonyl (C=O) groups excluding carboxylic acids is 2. The van der Waals surface area contributed by atoms with Gasteiger partial charge >= 0.3 is 11.9 Å². The largest absolute Gasteiger partial charge is 0.460 e. The van der Waals surface area contributed by atoms with Crippen LogP contribution < -0.4 is 0 Å². The molecule has 0 aromatic rings. The second-order valence-corrected chi connectivity index (χ2v) is 3.91. The van der Waals surface area contributed by atoms with Gasteiger partial charge in [-0.2, -0.15) is 0 Å². The fourth-order valence-corrected chi connectivity index (χ4v) is 0.733. The van der Waals surface area contributed by atoms with E-state index < -0.39 is 29.8 Å². The van der Waals surface area contributed by atoms with Crippen LogP contribution >= 0.6 is 0 Å². The van der Waals surface area contributed by atoms with Crippen molar-refractivity contribution in [3.05, 3.63) is 0 Å². The Morgan fingerprint density at radius 3 is 1.47 bits per heavy atom. The first-order chi connectivity index (χ1) is 6.67. The van der Waals surface area contributed by atoms with Gasteiger partial charge in [-0.3, -0.25) is 0 Å². The zero-order valence-electron chi connectivity index (χ0n) is 9.67. The van der Waals surface area contributed by atoms with E-state index in [9.17, 15) is 14.0 Å². The van der Waals surface area contributed by atoms with Gasteiger partial charge < -0.3 is 9.47 Å². The minimum atomic E-state index is -2.74. The van der Waals surface area contributed by atoms with Crippen molar-refractivity contribution in [2.75, 3.05) is 0 Å². The van der Waals surface area contributed by atoms with Crippen LogP contribution in [0, 0.1) is 0 Å². The van der Waals surface area contributed by atoms with Crippen LogP contribution in [-0.2, 0) is 19.1 Å². The van der Waals surface area contributed by atoms with Crippen molar-refractivity contribution in [3.8, 4) is 0 Å². The van der Waals surface area contributed by atoms with Crippen molar-refractivity contribution in [1.82, 2.24) is 0 Å². The quantitative estimate of drug-likeness (QED) is 0.533. The third kappa shape index (κ3) is 4.27. The van der Waals surface area contributed by atoms with Gasteiger partial charge in [0.1, 0.15) is 0 Å². The molecule has 0 bridgehead atoms. The highest BCUT2D eigenvalue weighted by Crippen LogP contribution is 2.16. The number of carbonyl (C=O) groups is 2. The van der Waals surface area contributed by atoms with Crippen molar-refractivity contribution in [1.29, 1.82) is 0 Å². The van der Waals surface area contributed by atoms with Gasteiger partial charge in [-0.1, -0.05) is 0 Å². The molecule has 0 amide bonds. The highest BCUT2D eigenvalue weighted by molar-refractivity contribution is 6.03. The highest BCUT2D eigenvalue weighted by Gasteiger charge is 2.45. The summed E-state index contributed by atoms with van der Waals surface area (Å²) in [6.07, 6.45) is -0.946. The van der Waals surface area contributed by atoms with Crippen molar-refractivity contribution in [3.63, 3.8) is 0 Å². The van der Waals surface area contributed by atoms with Gasteiger partial charge in [-0.15, -0.1) is 0 Å². The van der Waals surface area contributed by atoms with E-state index in [4.69, 9.17) is 0 Å². The van der Waals surface area contributed by atoms with Crippen molar-refractivity contribution < 1.29 is 23.5 Å². The standard InChI is InChI=1S/C10H17FO4/c1-6(2)14-8(12)10(5,11)9(13)15-7(3)4/h6-7H,1-5H3. The minimum Gasteiger partial charge on any atom is -0.460 e. The van der Waals surface area contributed by atoms with Crippen LogP contribution in [-0.4, -0.2) is 29.8 Å². The molecule has 0 aliphatic rings. The van der Waals surface area contributed by atoms with Crippen molar-refractivity contribution in [2.24, 2.45) is 0 Å². The van der Waals surface area contributed by atoms with E-state index in [0.717, 1.165) is 6.92 Å². The molecular weight excluding hydrogens is 203 g/mol. The summed E-state index contributed by atoms with van der Waals surface area (Å²) >= 11 is 0. The zero-order valence-corrected chi connectivity index (χ0v) is 9.67. The van der Waals surface area contributed by atoms with E-state index in [1.165, 1.54) is 0 Å². The van der Waals surface area contributed by atoms with Crippen LogP contribution in [0.15, 0.2) is 0 Å². The Morgan fingerprint density at radius 1 is 1.00 bits per heavy atom. The lowest BCUT2D eigenvalue weighted by molar-refractivity contribution is -0.177. The van der Waals surface area contributed by atoms with E-state index in [-0.39, 0.29) is 0 Å². The molecular formula is C10H17FO4. The molecule has 0 radical (unpaired) electrons. The van der Waals surface area contributed by atoms with Gasteiger partial charge in [0, 0.05) is 0 Å². The number of hydrogen-bond donors (Lipinski definition) is 0. The van der Waals surface area contributed by atoms with Crippen LogP contribution in [0.3, 0.4) is 0 Å². The van der Waals surface area contributed by atoms with E-state index in [1.807, 2.05) is 0 Å². The van der Waals surface area contributed by atoms with Crippen LogP contribution in [0.4, 0.5) is 4.39 Å². The second kappa shape index (κ2) is 5.09. The Balaban J connectivity index is 4.51. The number of rotatable bonds is 4. The SMILES string of the molecule is CC(C)OC(=O)C(C)(F)C(=O)OC(C)C. The Bertz CT molecular complexity index is 222. The van der Waals surface area contributed by atoms with Gasteiger partial charge in [-0.05, 0) is 34.6 Å². The van der Waals surface area contributed by atoms with E-state index in [2.05, 4.69) is 9.47 Å². The monoisotopic (exact) mass is 220 g/mol. The number of halogens is 1. The molecule has 0 saturated carbocycles. The van der Waals surface area contributed by atoms with Crippen molar-refractivity contribution >= 4 is 11.9 Å². The molecule has 0 aromatic heterocycles. The third-order valence-corrected chi connectivity index (χ3v) is 1.45. The fourth-order valence-electron chi connectivity index (χ4n) is 0.733. The lowest BCUT2D eigenvalue weighted by Crippen LogP contribution is -2.43. The van der Waals surface area contributed by atoms with Gasteiger partial charge in [-0.25, -0.2) is 14.0 Å². The number of ether oxygens (including phenoxy) is 2. The van der Waals surface area contributed by atoms with Crippen LogP contribution in [0.5, 0.6) is 0 Å². The summed E-state index contributed by atoms with van der Waals surface area (Å²) in [5, 5.41) is 0. The van der Waals surface area contributed by atoms with Gasteiger partial charge in [0.05, 0.1) is 12.2 Å². The fraction of sp³-hybridized carbons (Fsp3) is 0.800. The molecule has 0 fully saturated rings. The second-order valence-electron chi connectivity index (χ2n) is 3.91. The molecule has 15 heavy (non-hydrogen) atoms. The van der Waals surface area contributed by atoms with E-state index in [0.29, 0.717) is 0 Å². The first kappa shape index (κ1) is 13.9. The molecule has 0 spiro atoms. The Labute approximate surface area is 88.7 Å². The minimum absolute atomic E-state index is 0.473. The van der Waals surface area contributed by atoms with Gasteiger partial charge in [0.25, 0.3) is 5.67 Å². The molecule has 4 nitrogen and oxygen atoms in total. The summed E-state index contributed by atoms with van der Waals surface area (Å²) in [4.78, 5) is 22.4. The zero-order chi connectivity index (χ0) is 12.2. The van der Waals surface area contributed by atoms with Crippen LogP contribution in [0.1, 0.15) is 34.6 Å². The molecule has 0 unspecified atom stereocenters. The first-order valence-electron chi connectivity index (χ1n) is 4.79. The Hall–Kier alpha value is -1.13. The molecule has 0 aliphatic heterocycles. The predicted octanol–water partition coefficient (Wildman–Crippen LogP) is 1.62. The summed E-state index contributed by atoms with van der Waals surface area (Å²) in [5.74, 6) is -2.44.